The van der Waals surface area contributed by atoms with Crippen LogP contribution in [0.25, 0.3) is 0 Å². The molecule has 0 aromatic carbocycles. The van der Waals surface area contributed by atoms with Gasteiger partial charge in [0.2, 0.25) is 0 Å². The molecular formula is C5H8FNO. The van der Waals surface area contributed by atoms with Crippen molar-refractivity contribution in [3.8, 4) is 0 Å². The van der Waals surface area contributed by atoms with Crippen LogP contribution in [0.2, 0.25) is 0 Å². The number of nitrogens with two attached hydrogens (primary N) is 1. The number of Topliss-reactive ketones (excluding diaryl/α,β-unsaturated/α-hetero) is 1. The normalized spacial score (nSPS) is 12.9. The molecule has 0 aliphatic heterocycles. The quantitative estimate of drug-likeness (QED) is 0.514. The topological polar surface area (TPSA) is 43.1 Å². The second-order valence-corrected chi connectivity index (χ2v) is 1.55. The van der Waals surface area contributed by atoms with Crippen molar-refractivity contribution in [3.05, 3.63) is 11.5 Å². The molecule has 0 fully saturated rings. The lowest BCUT2D eigenvalue weighted by atomic mass is 10.3. The highest BCUT2D eigenvalue weighted by atomic mass is 19.1. The van der Waals surface area contributed by atoms with Crippen LogP contribution >= 0.6 is 0 Å². The average molecular weight is 117 g/mol. The highest BCUT2D eigenvalue weighted by Crippen LogP contribution is 1.99. The fourth-order valence-electron chi connectivity index (χ4n) is 0.278. The molecule has 0 aromatic rings. The zero-order valence-electron chi connectivity index (χ0n) is 4.86. The van der Waals surface area contributed by atoms with Crippen LogP contribution in [0.1, 0.15) is 13.8 Å². The van der Waals surface area contributed by atoms with Crippen LogP contribution in [0, 0.1) is 0 Å². The summed E-state index contributed by atoms with van der Waals surface area (Å²) in [5.74, 6) is -1.46. The first-order chi connectivity index (χ1) is 3.55. The van der Waals surface area contributed by atoms with Gasteiger partial charge >= 0.3 is 0 Å². The first-order valence-corrected chi connectivity index (χ1v) is 2.18. The Morgan fingerprint density at radius 2 is 1.88 bits per heavy atom. The Morgan fingerprint density at radius 1 is 1.50 bits per heavy atom. The zero-order chi connectivity index (χ0) is 6.73. The Balaban J connectivity index is 4.23. The van der Waals surface area contributed by atoms with Gasteiger partial charge in [0.15, 0.2) is 11.6 Å². The summed E-state index contributed by atoms with van der Waals surface area (Å²) in [6.45, 7) is 2.47. The van der Waals surface area contributed by atoms with E-state index >= 15 is 0 Å². The van der Waals surface area contributed by atoms with Crippen molar-refractivity contribution in [1.82, 2.24) is 0 Å². The number of ketones is 1. The molecule has 8 heavy (non-hydrogen) atoms. The molecule has 0 saturated heterocycles. The van der Waals surface area contributed by atoms with Crippen molar-refractivity contribution in [3.63, 3.8) is 0 Å². The summed E-state index contributed by atoms with van der Waals surface area (Å²) >= 11 is 0. The summed E-state index contributed by atoms with van der Waals surface area (Å²) < 4.78 is 12.1. The van der Waals surface area contributed by atoms with Crippen LogP contribution in [0.15, 0.2) is 11.5 Å². The Morgan fingerprint density at radius 3 is 1.88 bits per heavy atom. The van der Waals surface area contributed by atoms with Crippen LogP contribution in [0.4, 0.5) is 4.39 Å². The summed E-state index contributed by atoms with van der Waals surface area (Å²) in [4.78, 5) is 10.1. The number of rotatable bonds is 1. The third kappa shape index (κ3) is 1.73. The second kappa shape index (κ2) is 2.45. The van der Waals surface area contributed by atoms with E-state index in [1.165, 1.54) is 6.92 Å². The maximum Gasteiger partial charge on any atom is 0.189 e. The molecule has 0 saturated carbocycles. The van der Waals surface area contributed by atoms with E-state index in [0.717, 1.165) is 6.92 Å². The van der Waals surface area contributed by atoms with E-state index in [9.17, 15) is 9.18 Å². The molecule has 0 aromatic heterocycles. The first kappa shape index (κ1) is 7.14. The molecule has 2 nitrogen and oxygen atoms in total. The largest absolute Gasteiger partial charge is 0.400 e. The highest BCUT2D eigenvalue weighted by molar-refractivity contribution is 5.91. The number of halogens is 1. The molecular weight excluding hydrogens is 109 g/mol. The first-order valence-electron chi connectivity index (χ1n) is 2.18. The number of hydrogen-bond acceptors (Lipinski definition) is 2. The van der Waals surface area contributed by atoms with Crippen molar-refractivity contribution in [1.29, 1.82) is 0 Å². The van der Waals surface area contributed by atoms with E-state index in [1.54, 1.807) is 0 Å². The predicted molar refractivity (Wildman–Crippen MR) is 28.7 cm³/mol. The van der Waals surface area contributed by atoms with E-state index in [1.807, 2.05) is 0 Å². The molecule has 2 N–H and O–H groups in total. The molecule has 0 spiro atoms. The summed E-state index contributed by atoms with van der Waals surface area (Å²) in [7, 11) is 0. The summed E-state index contributed by atoms with van der Waals surface area (Å²) in [5, 5.41) is 0. The Kier molecular flexibility index (Phi) is 2.19. The monoisotopic (exact) mass is 117 g/mol. The van der Waals surface area contributed by atoms with Gasteiger partial charge in [0, 0.05) is 12.6 Å². The second-order valence-electron chi connectivity index (χ2n) is 1.55. The Bertz CT molecular complexity index is 135. The molecule has 0 bridgehead atoms. The van der Waals surface area contributed by atoms with E-state index in [2.05, 4.69) is 0 Å². The van der Waals surface area contributed by atoms with Crippen LogP contribution < -0.4 is 5.73 Å². The molecule has 46 valence electrons. The van der Waals surface area contributed by atoms with Gasteiger partial charge in [-0.2, -0.15) is 0 Å². The number of carbonyl (C=O) groups is 1. The molecule has 0 heterocycles. The summed E-state index contributed by atoms with van der Waals surface area (Å²) in [6.07, 6.45) is 0. The van der Waals surface area contributed by atoms with E-state index < -0.39 is 11.6 Å². The molecule has 0 rings (SSSR count). The van der Waals surface area contributed by atoms with Crippen molar-refractivity contribution < 1.29 is 9.18 Å². The van der Waals surface area contributed by atoms with Gasteiger partial charge in [0.25, 0.3) is 0 Å². The van der Waals surface area contributed by atoms with Gasteiger partial charge in [0.1, 0.15) is 0 Å². The third-order valence-electron chi connectivity index (χ3n) is 0.655. The third-order valence-corrected chi connectivity index (χ3v) is 0.655. The molecule has 0 aliphatic rings. The molecule has 0 atom stereocenters. The fraction of sp³-hybridized carbons (Fsp3) is 0.400. The standard InChI is InChI=1S/C5H8FNO/c1-3(7)5(6)4(2)8/h7H2,1-2H3. The molecule has 0 unspecified atom stereocenters. The van der Waals surface area contributed by atoms with Crippen molar-refractivity contribution in [2.24, 2.45) is 5.73 Å². The lowest BCUT2D eigenvalue weighted by Gasteiger charge is -1.89. The minimum atomic E-state index is -0.843. The summed E-state index contributed by atoms with van der Waals surface area (Å²) in [6, 6.07) is 0. The smallest absolute Gasteiger partial charge is 0.189 e. The van der Waals surface area contributed by atoms with Crippen molar-refractivity contribution in [2.45, 2.75) is 13.8 Å². The van der Waals surface area contributed by atoms with E-state index in [4.69, 9.17) is 5.73 Å². The lowest BCUT2D eigenvalue weighted by Crippen LogP contribution is -2.00. The van der Waals surface area contributed by atoms with Gasteiger partial charge in [-0.05, 0) is 6.92 Å². The maximum absolute atomic E-state index is 12.1. The van der Waals surface area contributed by atoms with E-state index in [-0.39, 0.29) is 5.70 Å². The van der Waals surface area contributed by atoms with Crippen LogP contribution in [-0.2, 0) is 4.79 Å². The van der Waals surface area contributed by atoms with Crippen molar-refractivity contribution >= 4 is 5.78 Å². The molecule has 0 amide bonds. The van der Waals surface area contributed by atoms with Crippen LogP contribution in [0.3, 0.4) is 0 Å². The van der Waals surface area contributed by atoms with Gasteiger partial charge in [-0.3, -0.25) is 4.79 Å². The minimum absolute atomic E-state index is 0.0579. The van der Waals surface area contributed by atoms with E-state index in [0.29, 0.717) is 0 Å². The van der Waals surface area contributed by atoms with Crippen molar-refractivity contribution in [2.75, 3.05) is 0 Å². The van der Waals surface area contributed by atoms with Gasteiger partial charge in [0.05, 0.1) is 0 Å². The van der Waals surface area contributed by atoms with Gasteiger partial charge in [-0.25, -0.2) is 4.39 Å². The van der Waals surface area contributed by atoms with Crippen LogP contribution in [-0.4, -0.2) is 5.78 Å². The molecule has 0 radical (unpaired) electrons. The zero-order valence-corrected chi connectivity index (χ0v) is 4.86. The average Bonchev–Trinajstić information content (AvgIpc) is 1.64. The van der Waals surface area contributed by atoms with Gasteiger partial charge < -0.3 is 5.73 Å². The predicted octanol–water partition coefficient (Wildman–Crippen LogP) is 0.735. The highest BCUT2D eigenvalue weighted by Gasteiger charge is 2.01. The summed E-state index contributed by atoms with van der Waals surface area (Å²) in [5.41, 5.74) is 4.86. The fourth-order valence-corrected chi connectivity index (χ4v) is 0.278. The number of allylic oxidation sites excluding steroid dienone is 2. The van der Waals surface area contributed by atoms with Crippen LogP contribution in [0.5, 0.6) is 0 Å². The maximum atomic E-state index is 12.1. The Hall–Kier alpha value is -0.860. The SMILES string of the molecule is CC(=O)C(F)=C(C)N. The molecule has 0 aliphatic carbocycles. The minimum Gasteiger partial charge on any atom is -0.400 e. The number of carbonyl (C=O) groups excluding carboxylic acids is 1. The number of hydrogen-bond donors (Lipinski definition) is 1. The molecule has 3 heteroatoms. The lowest BCUT2D eigenvalue weighted by molar-refractivity contribution is -0.115. The van der Waals surface area contributed by atoms with Gasteiger partial charge in [-0.1, -0.05) is 0 Å². The van der Waals surface area contributed by atoms with Gasteiger partial charge in [-0.15, -0.1) is 0 Å². The Labute approximate surface area is 47.2 Å².